The lowest BCUT2D eigenvalue weighted by atomic mass is 10.1. The number of carbonyl (C=O) groups excluding carboxylic acids is 1. The molecule has 1 N–H and O–H groups in total. The van der Waals surface area contributed by atoms with Crippen molar-refractivity contribution in [3.8, 4) is 11.5 Å². The van der Waals surface area contributed by atoms with E-state index in [1.807, 2.05) is 0 Å². The predicted octanol–water partition coefficient (Wildman–Crippen LogP) is 3.11. The van der Waals surface area contributed by atoms with Crippen LogP contribution in [0.1, 0.15) is 24.8 Å². The molecule has 2 aliphatic heterocycles. The van der Waals surface area contributed by atoms with E-state index in [1.54, 1.807) is 12.1 Å². The minimum Gasteiger partial charge on any atom is -0.489 e. The van der Waals surface area contributed by atoms with E-state index >= 15 is 0 Å². The Kier molecular flexibility index (Phi) is 6.36. The molecule has 1 atom stereocenters. The molecule has 7 nitrogen and oxygen atoms in total. The molecule has 0 aromatic heterocycles. The first-order valence-electron chi connectivity index (χ1n) is 9.99. The summed E-state index contributed by atoms with van der Waals surface area (Å²) in [5, 5.41) is 3.19. The average Bonchev–Trinajstić information content (AvgIpc) is 3.13. The van der Waals surface area contributed by atoms with E-state index in [4.69, 9.17) is 21.1 Å². The number of fused-ring (bicyclic) bond motifs is 1. The van der Waals surface area contributed by atoms with Gasteiger partial charge >= 0.3 is 0 Å². The fourth-order valence-corrected chi connectivity index (χ4v) is 5.67. The van der Waals surface area contributed by atoms with Crippen molar-refractivity contribution in [1.29, 1.82) is 0 Å². The van der Waals surface area contributed by atoms with Gasteiger partial charge in [-0.05, 0) is 54.8 Å². The monoisotopic (exact) mass is 468 g/mol. The Labute approximate surface area is 185 Å². The zero-order chi connectivity index (χ0) is 22.0. The number of halogens is 2. The third-order valence-electron chi connectivity index (χ3n) is 5.26. The normalized spacial score (nSPS) is 19.1. The molecule has 2 aliphatic rings. The molecule has 0 bridgehead atoms. The van der Waals surface area contributed by atoms with Gasteiger partial charge in [-0.1, -0.05) is 11.6 Å². The van der Waals surface area contributed by atoms with Gasteiger partial charge in [-0.3, -0.25) is 4.79 Å². The molecular weight excluding hydrogens is 447 g/mol. The summed E-state index contributed by atoms with van der Waals surface area (Å²) < 4.78 is 51.5. The number of benzene rings is 2. The lowest BCUT2D eigenvalue weighted by Crippen LogP contribution is -2.45. The number of ether oxygens (including phenoxy) is 2. The number of nitrogens with zero attached hydrogens (tertiary/aromatic N) is 1. The molecule has 2 heterocycles. The molecule has 166 valence electrons. The molecule has 4 rings (SSSR count). The summed E-state index contributed by atoms with van der Waals surface area (Å²) in [6.07, 6.45) is 1.72. The first-order chi connectivity index (χ1) is 14.9. The summed E-state index contributed by atoms with van der Waals surface area (Å²) in [5.41, 5.74) is 0.716. The van der Waals surface area contributed by atoms with Crippen LogP contribution in [0, 0.1) is 5.82 Å². The molecule has 1 fully saturated rings. The maximum absolute atomic E-state index is 13.2. The van der Waals surface area contributed by atoms with Crippen LogP contribution >= 0.6 is 11.6 Å². The Hall–Kier alpha value is -2.36. The summed E-state index contributed by atoms with van der Waals surface area (Å²) in [7, 11) is -3.91. The number of rotatable bonds is 5. The number of nitrogens with one attached hydrogen (secondary N) is 1. The Balaban J connectivity index is 1.46. The first-order valence-corrected chi connectivity index (χ1v) is 11.8. The van der Waals surface area contributed by atoms with E-state index < -0.39 is 27.8 Å². The van der Waals surface area contributed by atoms with Crippen LogP contribution in [0.15, 0.2) is 41.3 Å². The van der Waals surface area contributed by atoms with Gasteiger partial charge in [0.2, 0.25) is 15.9 Å². The zero-order valence-electron chi connectivity index (χ0n) is 16.6. The average molecular weight is 469 g/mol. The van der Waals surface area contributed by atoms with Gasteiger partial charge in [0, 0.05) is 19.5 Å². The molecule has 10 heteroatoms. The van der Waals surface area contributed by atoms with Gasteiger partial charge in [-0.15, -0.1) is 0 Å². The van der Waals surface area contributed by atoms with Crippen LogP contribution in [0.4, 0.5) is 4.39 Å². The molecule has 0 radical (unpaired) electrons. The lowest BCUT2D eigenvalue weighted by Gasteiger charge is -2.23. The first kappa shape index (κ1) is 21.9. The van der Waals surface area contributed by atoms with Crippen LogP contribution in [0.5, 0.6) is 11.5 Å². The highest BCUT2D eigenvalue weighted by Crippen LogP contribution is 2.38. The minimum atomic E-state index is -3.91. The van der Waals surface area contributed by atoms with Gasteiger partial charge in [0.25, 0.3) is 0 Å². The van der Waals surface area contributed by atoms with Crippen LogP contribution in [0.2, 0.25) is 5.02 Å². The molecule has 0 spiro atoms. The number of sulfonamides is 1. The summed E-state index contributed by atoms with van der Waals surface area (Å²) in [6, 6.07) is 7.21. The molecular formula is C21H22ClFN2O5S. The Bertz CT molecular complexity index is 1080. The molecule has 0 aliphatic carbocycles. The highest BCUT2D eigenvalue weighted by molar-refractivity contribution is 7.89. The van der Waals surface area contributed by atoms with Crippen molar-refractivity contribution in [2.24, 2.45) is 0 Å². The smallest absolute Gasteiger partial charge is 0.243 e. The third-order valence-corrected chi connectivity index (χ3v) is 7.46. The van der Waals surface area contributed by atoms with Gasteiger partial charge < -0.3 is 14.8 Å². The second-order valence-electron chi connectivity index (χ2n) is 7.40. The van der Waals surface area contributed by atoms with Crippen LogP contribution in [0.25, 0.3) is 0 Å². The van der Waals surface area contributed by atoms with Crippen LogP contribution in [0.3, 0.4) is 0 Å². The van der Waals surface area contributed by atoms with E-state index in [9.17, 15) is 17.6 Å². The molecule has 1 saturated heterocycles. The lowest BCUT2D eigenvalue weighted by molar-refractivity contribution is -0.124. The standard InChI is InChI=1S/C21H22ClFN2O5S/c22-17-11-14(12-19-20(17)30-10-2-9-29-19)13-24-21(26)18-3-1-8-25(18)31(27,28)16-6-4-15(23)5-7-16/h4-7,11-12,18H,1-3,8-10,13H2,(H,24,26)/t18-/m0/s1. The summed E-state index contributed by atoms with van der Waals surface area (Å²) in [6.45, 7) is 1.42. The van der Waals surface area contributed by atoms with Crippen molar-refractivity contribution >= 4 is 27.5 Å². The summed E-state index contributed by atoms with van der Waals surface area (Å²) in [4.78, 5) is 12.8. The van der Waals surface area contributed by atoms with E-state index in [1.165, 1.54) is 16.4 Å². The van der Waals surface area contributed by atoms with Crippen LogP contribution in [-0.4, -0.2) is 44.4 Å². The van der Waals surface area contributed by atoms with E-state index in [-0.39, 0.29) is 18.0 Å². The predicted molar refractivity (Wildman–Crippen MR) is 112 cm³/mol. The second-order valence-corrected chi connectivity index (χ2v) is 9.70. The zero-order valence-corrected chi connectivity index (χ0v) is 18.2. The number of hydrogen-bond acceptors (Lipinski definition) is 5. The van der Waals surface area contributed by atoms with Gasteiger partial charge in [0.15, 0.2) is 11.5 Å². The fourth-order valence-electron chi connectivity index (χ4n) is 3.73. The second kappa shape index (κ2) is 9.02. The third kappa shape index (κ3) is 4.63. The highest BCUT2D eigenvalue weighted by atomic mass is 35.5. The van der Waals surface area contributed by atoms with Crippen molar-refractivity contribution in [1.82, 2.24) is 9.62 Å². The maximum atomic E-state index is 13.2. The topological polar surface area (TPSA) is 84.9 Å². The van der Waals surface area contributed by atoms with Crippen LogP contribution < -0.4 is 14.8 Å². The number of hydrogen-bond donors (Lipinski definition) is 1. The summed E-state index contributed by atoms with van der Waals surface area (Å²) in [5.74, 6) is 0.0899. The van der Waals surface area contributed by atoms with Gasteiger partial charge in [-0.25, -0.2) is 12.8 Å². The van der Waals surface area contributed by atoms with Gasteiger partial charge in [0.05, 0.1) is 23.1 Å². The van der Waals surface area contributed by atoms with E-state index in [2.05, 4.69) is 5.32 Å². The molecule has 0 saturated carbocycles. The Morgan fingerprint density at radius 3 is 2.68 bits per heavy atom. The van der Waals surface area contributed by atoms with Crippen LogP contribution in [-0.2, 0) is 21.4 Å². The van der Waals surface area contributed by atoms with Crippen molar-refractivity contribution in [2.75, 3.05) is 19.8 Å². The highest BCUT2D eigenvalue weighted by Gasteiger charge is 2.39. The Morgan fingerprint density at radius 1 is 1.16 bits per heavy atom. The Morgan fingerprint density at radius 2 is 1.90 bits per heavy atom. The maximum Gasteiger partial charge on any atom is 0.243 e. The van der Waals surface area contributed by atoms with E-state index in [0.29, 0.717) is 48.1 Å². The van der Waals surface area contributed by atoms with Crippen molar-refractivity contribution in [3.63, 3.8) is 0 Å². The molecule has 31 heavy (non-hydrogen) atoms. The van der Waals surface area contributed by atoms with E-state index in [0.717, 1.165) is 18.6 Å². The quantitative estimate of drug-likeness (QED) is 0.728. The number of carbonyl (C=O) groups is 1. The largest absolute Gasteiger partial charge is 0.489 e. The summed E-state index contributed by atoms with van der Waals surface area (Å²) >= 11 is 6.29. The van der Waals surface area contributed by atoms with Gasteiger partial charge in [-0.2, -0.15) is 4.31 Å². The van der Waals surface area contributed by atoms with Crippen molar-refractivity contribution in [2.45, 2.75) is 36.7 Å². The van der Waals surface area contributed by atoms with Crippen molar-refractivity contribution in [3.05, 3.63) is 52.8 Å². The molecule has 0 unspecified atom stereocenters. The molecule has 2 aromatic rings. The SMILES string of the molecule is O=C(NCc1cc(Cl)c2c(c1)OCCCO2)[C@@H]1CCCN1S(=O)(=O)c1ccc(F)cc1. The van der Waals surface area contributed by atoms with Gasteiger partial charge in [0.1, 0.15) is 11.9 Å². The molecule has 1 amide bonds. The minimum absolute atomic E-state index is 0.0386. The molecule has 2 aromatic carbocycles. The van der Waals surface area contributed by atoms with Crippen molar-refractivity contribution < 1.29 is 27.1 Å². The number of amides is 1. The fraction of sp³-hybridized carbons (Fsp3) is 0.381.